The highest BCUT2D eigenvalue weighted by Crippen LogP contribution is 2.30. The van der Waals surface area contributed by atoms with Crippen molar-refractivity contribution in [2.24, 2.45) is 0 Å². The van der Waals surface area contributed by atoms with Crippen molar-refractivity contribution in [3.8, 4) is 0 Å². The molecule has 4 rings (SSSR count). The SMILES string of the molecule is CC(C(=O)N1CCc2ccccc21)N1CCC(c2ccn[nH]2)CC1. The molecule has 3 heterocycles. The molecule has 1 saturated heterocycles. The third kappa shape index (κ3) is 2.73. The first-order chi connectivity index (χ1) is 11.7. The van der Waals surface area contributed by atoms with Crippen molar-refractivity contribution in [1.29, 1.82) is 0 Å². The summed E-state index contributed by atoms with van der Waals surface area (Å²) in [5.74, 6) is 0.776. The summed E-state index contributed by atoms with van der Waals surface area (Å²) in [5, 5.41) is 7.14. The van der Waals surface area contributed by atoms with Gasteiger partial charge in [-0.15, -0.1) is 0 Å². The molecule has 1 N–H and O–H groups in total. The molecule has 2 aliphatic rings. The Kier molecular flexibility index (Phi) is 4.10. The van der Waals surface area contributed by atoms with Gasteiger partial charge in [0.15, 0.2) is 0 Å². The van der Waals surface area contributed by atoms with Crippen LogP contribution in [0, 0.1) is 0 Å². The fourth-order valence-corrected chi connectivity index (χ4v) is 4.04. The van der Waals surface area contributed by atoms with Gasteiger partial charge < -0.3 is 4.90 Å². The Morgan fingerprint density at radius 3 is 2.75 bits per heavy atom. The summed E-state index contributed by atoms with van der Waals surface area (Å²) in [6.07, 6.45) is 4.95. The highest BCUT2D eigenvalue weighted by Gasteiger charge is 2.33. The second-order valence-corrected chi connectivity index (χ2v) is 6.87. The summed E-state index contributed by atoms with van der Waals surface area (Å²) in [4.78, 5) is 17.3. The zero-order chi connectivity index (χ0) is 16.5. The smallest absolute Gasteiger partial charge is 0.244 e. The summed E-state index contributed by atoms with van der Waals surface area (Å²) in [6, 6.07) is 10.3. The predicted octanol–water partition coefficient (Wildman–Crippen LogP) is 2.57. The Balaban J connectivity index is 1.40. The number of anilines is 1. The molecule has 0 radical (unpaired) electrons. The maximum atomic E-state index is 13.0. The summed E-state index contributed by atoms with van der Waals surface area (Å²) in [5.41, 5.74) is 3.61. The largest absolute Gasteiger partial charge is 0.310 e. The van der Waals surface area contributed by atoms with E-state index in [9.17, 15) is 4.79 Å². The van der Waals surface area contributed by atoms with Gasteiger partial charge in [-0.3, -0.25) is 14.8 Å². The average Bonchev–Trinajstić information content (AvgIpc) is 3.30. The number of hydrogen-bond acceptors (Lipinski definition) is 3. The van der Waals surface area contributed by atoms with Crippen LogP contribution in [-0.4, -0.2) is 46.7 Å². The number of H-pyrrole nitrogens is 1. The van der Waals surface area contributed by atoms with E-state index in [2.05, 4.69) is 46.3 Å². The number of benzene rings is 1. The van der Waals surface area contributed by atoms with Gasteiger partial charge in [-0.2, -0.15) is 5.10 Å². The standard InChI is InChI=1S/C19H24N4O/c1-14(19(24)23-13-9-16-4-2-3-5-18(16)23)22-11-7-15(8-12-22)17-6-10-20-21-17/h2-6,10,14-15H,7-9,11-13H2,1H3,(H,20,21). The lowest BCUT2D eigenvalue weighted by Gasteiger charge is -2.36. The second kappa shape index (κ2) is 6.40. The van der Waals surface area contributed by atoms with Crippen molar-refractivity contribution in [1.82, 2.24) is 15.1 Å². The average molecular weight is 324 g/mol. The number of amides is 1. The number of nitrogens with one attached hydrogen (secondary N) is 1. The maximum Gasteiger partial charge on any atom is 0.244 e. The van der Waals surface area contributed by atoms with Crippen LogP contribution in [0.2, 0.25) is 0 Å². The van der Waals surface area contributed by atoms with E-state index < -0.39 is 0 Å². The molecule has 126 valence electrons. The molecule has 1 unspecified atom stereocenters. The normalized spacial score (nSPS) is 20.1. The van der Waals surface area contributed by atoms with Crippen molar-refractivity contribution >= 4 is 11.6 Å². The number of carbonyl (C=O) groups is 1. The fraction of sp³-hybridized carbons (Fsp3) is 0.474. The quantitative estimate of drug-likeness (QED) is 0.944. The van der Waals surface area contributed by atoms with E-state index in [-0.39, 0.29) is 11.9 Å². The molecule has 2 aromatic rings. The first kappa shape index (κ1) is 15.4. The van der Waals surface area contributed by atoms with Gasteiger partial charge in [-0.25, -0.2) is 0 Å². The van der Waals surface area contributed by atoms with Gasteiger partial charge in [0.2, 0.25) is 5.91 Å². The van der Waals surface area contributed by atoms with Crippen LogP contribution < -0.4 is 4.90 Å². The van der Waals surface area contributed by atoms with Crippen LogP contribution in [-0.2, 0) is 11.2 Å². The first-order valence-electron chi connectivity index (χ1n) is 8.86. The van der Waals surface area contributed by atoms with Gasteiger partial charge in [0.05, 0.1) is 6.04 Å². The molecular formula is C19H24N4O. The van der Waals surface area contributed by atoms with E-state index in [1.165, 1.54) is 11.3 Å². The third-order valence-electron chi connectivity index (χ3n) is 5.55. The van der Waals surface area contributed by atoms with E-state index in [0.717, 1.165) is 44.6 Å². The first-order valence-corrected chi connectivity index (χ1v) is 8.86. The van der Waals surface area contributed by atoms with Crippen molar-refractivity contribution in [2.45, 2.75) is 38.1 Å². The van der Waals surface area contributed by atoms with E-state index in [1.54, 1.807) is 0 Å². The number of fused-ring (bicyclic) bond motifs is 1. The second-order valence-electron chi connectivity index (χ2n) is 6.87. The number of aromatic amines is 1. The molecule has 0 saturated carbocycles. The summed E-state index contributed by atoms with van der Waals surface area (Å²) in [7, 11) is 0. The molecule has 5 heteroatoms. The van der Waals surface area contributed by atoms with Gasteiger partial charge in [0.25, 0.3) is 0 Å². The monoisotopic (exact) mass is 324 g/mol. The molecule has 5 nitrogen and oxygen atoms in total. The van der Waals surface area contributed by atoms with Crippen LogP contribution in [0.25, 0.3) is 0 Å². The third-order valence-corrected chi connectivity index (χ3v) is 5.55. The lowest BCUT2D eigenvalue weighted by atomic mass is 9.93. The molecule has 0 spiro atoms. The van der Waals surface area contributed by atoms with Gasteiger partial charge in [0.1, 0.15) is 0 Å². The van der Waals surface area contributed by atoms with Crippen LogP contribution in [0.3, 0.4) is 0 Å². The van der Waals surface area contributed by atoms with E-state index in [4.69, 9.17) is 0 Å². The number of para-hydroxylation sites is 1. The van der Waals surface area contributed by atoms with Gasteiger partial charge in [-0.1, -0.05) is 18.2 Å². The number of aromatic nitrogens is 2. The predicted molar refractivity (Wildman–Crippen MR) is 94.1 cm³/mol. The zero-order valence-electron chi connectivity index (χ0n) is 14.1. The van der Waals surface area contributed by atoms with E-state index in [1.807, 2.05) is 17.2 Å². The molecular weight excluding hydrogens is 300 g/mol. The highest BCUT2D eigenvalue weighted by molar-refractivity contribution is 5.98. The summed E-state index contributed by atoms with van der Waals surface area (Å²) in [6.45, 7) is 4.80. The van der Waals surface area contributed by atoms with Crippen LogP contribution >= 0.6 is 0 Å². The molecule has 0 bridgehead atoms. The summed E-state index contributed by atoms with van der Waals surface area (Å²) < 4.78 is 0. The molecule has 1 aromatic carbocycles. The Bertz CT molecular complexity index is 704. The molecule has 0 aliphatic carbocycles. The molecule has 1 amide bonds. The van der Waals surface area contributed by atoms with Crippen LogP contribution in [0.15, 0.2) is 36.5 Å². The van der Waals surface area contributed by atoms with Crippen LogP contribution in [0.1, 0.15) is 36.9 Å². The lowest BCUT2D eigenvalue weighted by molar-refractivity contribution is -0.123. The minimum atomic E-state index is -0.0566. The van der Waals surface area contributed by atoms with Gasteiger partial charge in [-0.05, 0) is 57.0 Å². The topological polar surface area (TPSA) is 52.2 Å². The number of hydrogen-bond donors (Lipinski definition) is 1. The maximum absolute atomic E-state index is 13.0. The molecule has 1 atom stereocenters. The van der Waals surface area contributed by atoms with Crippen molar-refractivity contribution in [3.05, 3.63) is 47.8 Å². The molecule has 1 fully saturated rings. The number of carbonyl (C=O) groups excluding carboxylic acids is 1. The molecule has 24 heavy (non-hydrogen) atoms. The fourth-order valence-electron chi connectivity index (χ4n) is 4.04. The Hall–Kier alpha value is -2.14. The van der Waals surface area contributed by atoms with Gasteiger partial charge in [0, 0.05) is 30.0 Å². The minimum absolute atomic E-state index is 0.0566. The minimum Gasteiger partial charge on any atom is -0.310 e. The number of likely N-dealkylation sites (tertiary alicyclic amines) is 1. The van der Waals surface area contributed by atoms with Crippen molar-refractivity contribution < 1.29 is 4.79 Å². The lowest BCUT2D eigenvalue weighted by Crippen LogP contribution is -2.49. The number of piperidine rings is 1. The highest BCUT2D eigenvalue weighted by atomic mass is 16.2. The van der Waals surface area contributed by atoms with Gasteiger partial charge >= 0.3 is 0 Å². The van der Waals surface area contributed by atoms with E-state index >= 15 is 0 Å². The number of rotatable bonds is 3. The van der Waals surface area contributed by atoms with E-state index in [0.29, 0.717) is 5.92 Å². The Morgan fingerprint density at radius 1 is 1.21 bits per heavy atom. The Labute approximate surface area is 142 Å². The summed E-state index contributed by atoms with van der Waals surface area (Å²) >= 11 is 0. The van der Waals surface area contributed by atoms with Crippen LogP contribution in [0.4, 0.5) is 5.69 Å². The molecule has 1 aromatic heterocycles. The molecule has 2 aliphatic heterocycles. The number of nitrogens with zero attached hydrogens (tertiary/aromatic N) is 3. The van der Waals surface area contributed by atoms with Crippen LogP contribution in [0.5, 0.6) is 0 Å². The van der Waals surface area contributed by atoms with Crippen molar-refractivity contribution in [2.75, 3.05) is 24.5 Å². The zero-order valence-corrected chi connectivity index (χ0v) is 14.1. The van der Waals surface area contributed by atoms with Crippen molar-refractivity contribution in [3.63, 3.8) is 0 Å². The Morgan fingerprint density at radius 2 is 2.00 bits per heavy atom.